The zero-order valence-electron chi connectivity index (χ0n) is 16.5. The number of pyridine rings is 1. The van der Waals surface area contributed by atoms with Gasteiger partial charge in [0.05, 0.1) is 7.11 Å². The summed E-state index contributed by atoms with van der Waals surface area (Å²) in [5, 5.41) is 0.930. The molecule has 0 saturated carbocycles. The summed E-state index contributed by atoms with van der Waals surface area (Å²) in [7, 11) is 1.64. The highest BCUT2D eigenvalue weighted by Gasteiger charge is 2.21. The third kappa shape index (κ3) is 4.29. The second-order valence-corrected chi connectivity index (χ2v) is 7.02. The zero-order chi connectivity index (χ0) is 20.2. The first-order chi connectivity index (χ1) is 14.1. The molecule has 1 amide bonds. The van der Waals surface area contributed by atoms with E-state index in [1.54, 1.807) is 24.4 Å². The van der Waals surface area contributed by atoms with E-state index in [4.69, 9.17) is 9.15 Å². The van der Waals surface area contributed by atoms with Crippen LogP contribution in [-0.2, 0) is 13.1 Å². The first-order valence-electron chi connectivity index (χ1n) is 9.44. The first kappa shape index (κ1) is 18.7. The van der Waals surface area contributed by atoms with Gasteiger partial charge in [-0.05, 0) is 54.4 Å². The van der Waals surface area contributed by atoms with Gasteiger partial charge in [-0.15, -0.1) is 0 Å². The number of ether oxygens (including phenoxy) is 1. The Morgan fingerprint density at radius 2 is 1.83 bits per heavy atom. The Labute approximate surface area is 169 Å². The lowest BCUT2D eigenvalue weighted by Crippen LogP contribution is -2.29. The number of aromatic nitrogens is 1. The maximum absolute atomic E-state index is 13.3. The molecule has 4 aromatic rings. The molecule has 0 aliphatic heterocycles. The molecule has 4 rings (SSSR count). The van der Waals surface area contributed by atoms with Crippen LogP contribution in [0.25, 0.3) is 11.0 Å². The van der Waals surface area contributed by atoms with Crippen LogP contribution >= 0.6 is 0 Å². The Morgan fingerprint density at radius 1 is 1.03 bits per heavy atom. The predicted molar refractivity (Wildman–Crippen MR) is 112 cm³/mol. The lowest BCUT2D eigenvalue weighted by atomic mass is 10.1. The number of rotatable bonds is 6. The number of methoxy groups -OCH3 is 1. The molecule has 5 heteroatoms. The molecule has 0 aliphatic carbocycles. The van der Waals surface area contributed by atoms with Gasteiger partial charge in [0.1, 0.15) is 11.3 Å². The van der Waals surface area contributed by atoms with Crippen LogP contribution in [0.4, 0.5) is 0 Å². The first-order valence-corrected chi connectivity index (χ1v) is 9.44. The van der Waals surface area contributed by atoms with Gasteiger partial charge in [0.2, 0.25) is 0 Å². The highest BCUT2D eigenvalue weighted by atomic mass is 16.5. The molecule has 2 aromatic carbocycles. The van der Waals surface area contributed by atoms with Crippen molar-refractivity contribution in [2.24, 2.45) is 0 Å². The van der Waals surface area contributed by atoms with Gasteiger partial charge in [0, 0.05) is 30.9 Å². The van der Waals surface area contributed by atoms with Crippen molar-refractivity contribution in [1.29, 1.82) is 0 Å². The summed E-state index contributed by atoms with van der Waals surface area (Å²) < 4.78 is 11.1. The number of hydrogen-bond donors (Lipinski definition) is 0. The van der Waals surface area contributed by atoms with Gasteiger partial charge in [-0.3, -0.25) is 9.78 Å². The molecular weight excluding hydrogens is 364 g/mol. The fourth-order valence-electron chi connectivity index (χ4n) is 3.29. The number of carbonyl (C=O) groups is 1. The third-order valence-corrected chi connectivity index (χ3v) is 4.80. The van der Waals surface area contributed by atoms with E-state index >= 15 is 0 Å². The number of aryl methyl sites for hydroxylation is 1. The van der Waals surface area contributed by atoms with E-state index in [1.165, 1.54) is 0 Å². The van der Waals surface area contributed by atoms with Gasteiger partial charge < -0.3 is 14.1 Å². The van der Waals surface area contributed by atoms with Crippen molar-refractivity contribution in [2.75, 3.05) is 7.11 Å². The van der Waals surface area contributed by atoms with Gasteiger partial charge in [-0.1, -0.05) is 29.8 Å². The van der Waals surface area contributed by atoms with Crippen molar-refractivity contribution < 1.29 is 13.9 Å². The minimum Gasteiger partial charge on any atom is -0.497 e. The zero-order valence-corrected chi connectivity index (χ0v) is 16.5. The maximum atomic E-state index is 13.3. The van der Waals surface area contributed by atoms with Gasteiger partial charge in [0.15, 0.2) is 5.76 Å². The molecule has 29 heavy (non-hydrogen) atoms. The fraction of sp³-hybridized carbons (Fsp3) is 0.167. The van der Waals surface area contributed by atoms with Crippen molar-refractivity contribution >= 4 is 16.9 Å². The van der Waals surface area contributed by atoms with Crippen molar-refractivity contribution in [3.05, 3.63) is 95.5 Å². The molecule has 2 aromatic heterocycles. The number of hydrogen-bond acceptors (Lipinski definition) is 4. The monoisotopic (exact) mass is 386 g/mol. The topological polar surface area (TPSA) is 55.6 Å². The van der Waals surface area contributed by atoms with Crippen molar-refractivity contribution in [1.82, 2.24) is 9.88 Å². The van der Waals surface area contributed by atoms with Crippen LogP contribution in [0, 0.1) is 6.92 Å². The summed E-state index contributed by atoms with van der Waals surface area (Å²) in [6.07, 6.45) is 3.50. The molecule has 0 radical (unpaired) electrons. The Kier molecular flexibility index (Phi) is 5.29. The molecular formula is C24H22N2O3. The minimum absolute atomic E-state index is 0.154. The molecule has 0 spiro atoms. The van der Waals surface area contributed by atoms with Gasteiger partial charge >= 0.3 is 0 Å². The quantitative estimate of drug-likeness (QED) is 0.469. The van der Waals surface area contributed by atoms with E-state index in [0.717, 1.165) is 27.8 Å². The standard InChI is InChI=1S/C24H22N2O3/c1-17-5-10-22-20(12-17)13-23(29-22)24(27)26(16-19-4-3-11-25-14-19)15-18-6-8-21(28-2)9-7-18/h3-14H,15-16H2,1-2H3. The molecule has 146 valence electrons. The van der Waals surface area contributed by atoms with Crippen molar-refractivity contribution in [2.45, 2.75) is 20.0 Å². The lowest BCUT2D eigenvalue weighted by Gasteiger charge is -2.22. The lowest BCUT2D eigenvalue weighted by molar-refractivity contribution is 0.0700. The van der Waals surface area contributed by atoms with Crippen molar-refractivity contribution in [3.8, 4) is 5.75 Å². The average Bonchev–Trinajstić information content (AvgIpc) is 3.17. The Morgan fingerprint density at radius 3 is 2.55 bits per heavy atom. The molecule has 2 heterocycles. The number of furan rings is 1. The number of fused-ring (bicyclic) bond motifs is 1. The second-order valence-electron chi connectivity index (χ2n) is 7.02. The summed E-state index contributed by atoms with van der Waals surface area (Å²) in [4.78, 5) is 19.3. The average molecular weight is 386 g/mol. The van der Waals surface area contributed by atoms with E-state index in [0.29, 0.717) is 24.4 Å². The van der Waals surface area contributed by atoms with Crippen LogP contribution in [0.3, 0.4) is 0 Å². The smallest absolute Gasteiger partial charge is 0.290 e. The SMILES string of the molecule is COc1ccc(CN(Cc2cccnc2)C(=O)c2cc3cc(C)ccc3o2)cc1. The fourth-order valence-corrected chi connectivity index (χ4v) is 3.29. The van der Waals surface area contributed by atoms with Crippen LogP contribution in [-0.4, -0.2) is 22.9 Å². The maximum Gasteiger partial charge on any atom is 0.290 e. The van der Waals surface area contributed by atoms with Gasteiger partial charge in [-0.25, -0.2) is 0 Å². The molecule has 0 bridgehead atoms. The van der Waals surface area contributed by atoms with Gasteiger partial charge in [0.25, 0.3) is 5.91 Å². The Balaban J connectivity index is 1.64. The van der Waals surface area contributed by atoms with E-state index in [9.17, 15) is 4.79 Å². The van der Waals surface area contributed by atoms with Crippen LogP contribution in [0.5, 0.6) is 5.75 Å². The van der Waals surface area contributed by atoms with E-state index in [2.05, 4.69) is 4.98 Å². The highest BCUT2D eigenvalue weighted by Crippen LogP contribution is 2.23. The summed E-state index contributed by atoms with van der Waals surface area (Å²) in [5.41, 5.74) is 3.81. The van der Waals surface area contributed by atoms with Crippen LogP contribution < -0.4 is 4.74 Å². The molecule has 0 unspecified atom stereocenters. The second kappa shape index (κ2) is 8.19. The summed E-state index contributed by atoms with van der Waals surface area (Å²) in [6, 6.07) is 19.3. The van der Waals surface area contributed by atoms with E-state index < -0.39 is 0 Å². The van der Waals surface area contributed by atoms with Crippen LogP contribution in [0.2, 0.25) is 0 Å². The third-order valence-electron chi connectivity index (χ3n) is 4.80. The summed E-state index contributed by atoms with van der Waals surface area (Å²) >= 11 is 0. The number of carbonyl (C=O) groups excluding carboxylic acids is 1. The number of nitrogens with zero attached hydrogens (tertiary/aromatic N) is 2. The summed E-state index contributed by atoms with van der Waals surface area (Å²) in [5.74, 6) is 0.966. The van der Waals surface area contributed by atoms with E-state index in [-0.39, 0.29) is 5.91 Å². The molecule has 0 N–H and O–H groups in total. The van der Waals surface area contributed by atoms with Crippen LogP contribution in [0.1, 0.15) is 27.2 Å². The van der Waals surface area contributed by atoms with E-state index in [1.807, 2.05) is 67.6 Å². The predicted octanol–water partition coefficient (Wildman–Crippen LogP) is 4.99. The molecule has 0 aliphatic rings. The minimum atomic E-state index is -0.154. The molecule has 0 fully saturated rings. The highest BCUT2D eigenvalue weighted by molar-refractivity contribution is 5.96. The molecule has 5 nitrogen and oxygen atoms in total. The Hall–Kier alpha value is -3.60. The van der Waals surface area contributed by atoms with Crippen LogP contribution in [0.15, 0.2) is 77.5 Å². The number of benzene rings is 2. The normalized spacial score (nSPS) is 10.8. The van der Waals surface area contributed by atoms with Gasteiger partial charge in [-0.2, -0.15) is 0 Å². The number of amides is 1. The molecule has 0 saturated heterocycles. The summed E-state index contributed by atoms with van der Waals surface area (Å²) in [6.45, 7) is 2.91. The Bertz CT molecular complexity index is 1120. The largest absolute Gasteiger partial charge is 0.497 e. The van der Waals surface area contributed by atoms with Crippen molar-refractivity contribution in [3.63, 3.8) is 0 Å². The molecule has 0 atom stereocenters.